The van der Waals surface area contributed by atoms with Gasteiger partial charge in [0.15, 0.2) is 0 Å². The van der Waals surface area contributed by atoms with Crippen LogP contribution in [0.25, 0.3) is 0 Å². The Morgan fingerprint density at radius 3 is 2.60 bits per heavy atom. The van der Waals surface area contributed by atoms with E-state index in [1.165, 1.54) is 0 Å². The molecule has 0 bridgehead atoms. The van der Waals surface area contributed by atoms with E-state index in [0.717, 1.165) is 32.4 Å². The van der Waals surface area contributed by atoms with Crippen molar-refractivity contribution in [2.45, 2.75) is 52.5 Å². The van der Waals surface area contributed by atoms with Crippen molar-refractivity contribution in [3.05, 3.63) is 0 Å². The fraction of sp³-hybridized carbons (Fsp3) is 0.867. The van der Waals surface area contributed by atoms with Gasteiger partial charge in [0.1, 0.15) is 0 Å². The summed E-state index contributed by atoms with van der Waals surface area (Å²) in [6, 6.07) is -0.335. The monoisotopic (exact) mass is 282 g/mol. The third-order valence-electron chi connectivity index (χ3n) is 5.20. The number of rotatable bonds is 3. The van der Waals surface area contributed by atoms with Crippen LogP contribution in [-0.2, 0) is 4.79 Å². The molecule has 3 atom stereocenters. The van der Waals surface area contributed by atoms with Gasteiger partial charge < -0.3 is 15.3 Å². The van der Waals surface area contributed by atoms with Gasteiger partial charge >= 0.3 is 12.0 Å². The highest BCUT2D eigenvalue weighted by Crippen LogP contribution is 2.38. The Balaban J connectivity index is 1.94. The number of carboxylic acid groups (broad SMARTS) is 1. The zero-order valence-electron chi connectivity index (χ0n) is 12.7. The van der Waals surface area contributed by atoms with Crippen LogP contribution in [0.3, 0.4) is 0 Å². The molecule has 1 heterocycles. The van der Waals surface area contributed by atoms with Crippen molar-refractivity contribution < 1.29 is 14.7 Å². The molecule has 5 heteroatoms. The van der Waals surface area contributed by atoms with Gasteiger partial charge in [-0.1, -0.05) is 20.3 Å². The number of hydrogen-bond donors (Lipinski definition) is 2. The fourth-order valence-corrected chi connectivity index (χ4v) is 3.41. The molecular weight excluding hydrogens is 256 g/mol. The molecule has 1 aliphatic carbocycles. The van der Waals surface area contributed by atoms with Crippen LogP contribution in [0, 0.1) is 17.3 Å². The van der Waals surface area contributed by atoms with Crippen LogP contribution >= 0.6 is 0 Å². The number of hydrogen-bond acceptors (Lipinski definition) is 2. The maximum absolute atomic E-state index is 12.3. The van der Waals surface area contributed by atoms with Crippen molar-refractivity contribution >= 4 is 12.0 Å². The molecule has 2 rings (SSSR count). The van der Waals surface area contributed by atoms with E-state index in [0.29, 0.717) is 18.3 Å². The molecule has 0 aromatic carbocycles. The van der Waals surface area contributed by atoms with E-state index in [-0.39, 0.29) is 12.1 Å². The Morgan fingerprint density at radius 1 is 1.35 bits per heavy atom. The molecule has 0 spiro atoms. The zero-order chi connectivity index (χ0) is 14.9. The first-order chi connectivity index (χ1) is 9.34. The lowest BCUT2D eigenvalue weighted by atomic mass is 9.85. The molecule has 20 heavy (non-hydrogen) atoms. The van der Waals surface area contributed by atoms with E-state index >= 15 is 0 Å². The van der Waals surface area contributed by atoms with Crippen LogP contribution in [0.5, 0.6) is 0 Å². The normalized spacial score (nSPS) is 33.7. The number of carbonyl (C=O) groups excluding carboxylic acids is 1. The summed E-state index contributed by atoms with van der Waals surface area (Å²) in [7, 11) is 0. The van der Waals surface area contributed by atoms with Gasteiger partial charge in [-0.05, 0) is 38.0 Å². The first kappa shape index (κ1) is 15.1. The van der Waals surface area contributed by atoms with Crippen molar-refractivity contribution in [3.8, 4) is 0 Å². The molecule has 2 fully saturated rings. The van der Waals surface area contributed by atoms with E-state index in [1.807, 2.05) is 4.90 Å². The van der Waals surface area contributed by atoms with Crippen LogP contribution in [0.1, 0.15) is 46.5 Å². The maximum Gasteiger partial charge on any atom is 0.317 e. The van der Waals surface area contributed by atoms with Crippen LogP contribution in [0.4, 0.5) is 4.79 Å². The van der Waals surface area contributed by atoms with E-state index in [1.54, 1.807) is 6.92 Å². The average molecular weight is 282 g/mol. The maximum atomic E-state index is 12.3. The Bertz CT molecular complexity index is 397. The van der Waals surface area contributed by atoms with Gasteiger partial charge in [0.05, 0.1) is 5.41 Å². The highest BCUT2D eigenvalue weighted by Gasteiger charge is 2.46. The summed E-state index contributed by atoms with van der Waals surface area (Å²) in [5.41, 5.74) is -0.813. The second kappa shape index (κ2) is 5.62. The first-order valence-electron chi connectivity index (χ1n) is 7.63. The molecule has 1 saturated heterocycles. The molecule has 1 saturated carbocycles. The number of carboxylic acids is 1. The Kier molecular flexibility index (Phi) is 4.25. The molecule has 0 aromatic heterocycles. The molecule has 0 radical (unpaired) electrons. The minimum atomic E-state index is -0.813. The summed E-state index contributed by atoms with van der Waals surface area (Å²) in [5, 5.41) is 12.3. The lowest BCUT2D eigenvalue weighted by Gasteiger charge is -2.29. The summed E-state index contributed by atoms with van der Waals surface area (Å²) in [5.74, 6) is 0.348. The quantitative estimate of drug-likeness (QED) is 0.834. The highest BCUT2D eigenvalue weighted by atomic mass is 16.4. The second-order valence-corrected chi connectivity index (χ2v) is 6.86. The molecule has 5 nitrogen and oxygen atoms in total. The molecule has 1 aliphatic heterocycles. The minimum absolute atomic E-state index is 0.0903. The van der Waals surface area contributed by atoms with Gasteiger partial charge in [-0.2, -0.15) is 0 Å². The summed E-state index contributed by atoms with van der Waals surface area (Å²) in [4.78, 5) is 25.6. The molecular formula is C15H26N2O3. The van der Waals surface area contributed by atoms with Gasteiger partial charge in [0.25, 0.3) is 0 Å². The molecule has 2 N–H and O–H groups in total. The second-order valence-electron chi connectivity index (χ2n) is 6.86. The number of urea groups is 1. The summed E-state index contributed by atoms with van der Waals surface area (Å²) in [6.07, 6.45) is 3.31. The summed E-state index contributed by atoms with van der Waals surface area (Å²) >= 11 is 0. The van der Waals surface area contributed by atoms with Crippen molar-refractivity contribution in [3.63, 3.8) is 0 Å². The molecule has 0 aromatic rings. The number of aliphatic carboxylic acids is 1. The van der Waals surface area contributed by atoms with Crippen molar-refractivity contribution in [2.75, 3.05) is 13.1 Å². The van der Waals surface area contributed by atoms with Crippen LogP contribution < -0.4 is 5.32 Å². The average Bonchev–Trinajstić information content (AvgIpc) is 2.98. The van der Waals surface area contributed by atoms with Gasteiger partial charge in [0, 0.05) is 19.1 Å². The lowest BCUT2D eigenvalue weighted by molar-refractivity contribution is -0.148. The number of carbonyl (C=O) groups is 2. The van der Waals surface area contributed by atoms with E-state index in [9.17, 15) is 14.7 Å². The molecule has 2 aliphatic rings. The van der Waals surface area contributed by atoms with Gasteiger partial charge in [-0.15, -0.1) is 0 Å². The predicted molar refractivity (Wildman–Crippen MR) is 76.4 cm³/mol. The molecule has 114 valence electrons. The van der Waals surface area contributed by atoms with Crippen LogP contribution in [0.2, 0.25) is 0 Å². The third kappa shape index (κ3) is 2.76. The lowest BCUT2D eigenvalue weighted by Crippen LogP contribution is -2.51. The van der Waals surface area contributed by atoms with Crippen molar-refractivity contribution in [1.82, 2.24) is 10.2 Å². The SMILES string of the molecule is CC(C)C1CCN(C(=O)NC2CCCC2(C)C(=O)O)C1. The van der Waals surface area contributed by atoms with E-state index in [2.05, 4.69) is 19.2 Å². The Labute approximate surface area is 120 Å². The summed E-state index contributed by atoms with van der Waals surface area (Å²) in [6.45, 7) is 7.69. The number of likely N-dealkylation sites (tertiary alicyclic amines) is 1. The van der Waals surface area contributed by atoms with Crippen LogP contribution in [-0.4, -0.2) is 41.1 Å². The van der Waals surface area contributed by atoms with Crippen molar-refractivity contribution in [2.24, 2.45) is 17.3 Å². The predicted octanol–water partition coefficient (Wildman–Crippen LogP) is 2.32. The Morgan fingerprint density at radius 2 is 2.05 bits per heavy atom. The van der Waals surface area contributed by atoms with E-state index < -0.39 is 11.4 Å². The third-order valence-corrected chi connectivity index (χ3v) is 5.20. The van der Waals surface area contributed by atoms with Gasteiger partial charge in [-0.25, -0.2) is 4.79 Å². The standard InChI is InChI=1S/C15H26N2O3/c1-10(2)11-6-8-17(9-11)14(20)16-12-5-4-7-15(12,3)13(18)19/h10-12H,4-9H2,1-3H3,(H,16,20)(H,18,19). The number of amides is 2. The highest BCUT2D eigenvalue weighted by molar-refractivity contribution is 5.79. The van der Waals surface area contributed by atoms with Crippen LogP contribution in [0.15, 0.2) is 0 Å². The zero-order valence-corrected chi connectivity index (χ0v) is 12.7. The largest absolute Gasteiger partial charge is 0.481 e. The van der Waals surface area contributed by atoms with Gasteiger partial charge in [-0.3, -0.25) is 4.79 Å². The number of nitrogens with zero attached hydrogens (tertiary/aromatic N) is 1. The minimum Gasteiger partial charge on any atom is -0.481 e. The van der Waals surface area contributed by atoms with E-state index in [4.69, 9.17) is 0 Å². The van der Waals surface area contributed by atoms with Gasteiger partial charge in [0.2, 0.25) is 0 Å². The number of nitrogens with one attached hydrogen (secondary N) is 1. The molecule has 3 unspecified atom stereocenters. The molecule has 2 amide bonds. The van der Waals surface area contributed by atoms with Crippen molar-refractivity contribution in [1.29, 1.82) is 0 Å². The first-order valence-corrected chi connectivity index (χ1v) is 7.63. The smallest absolute Gasteiger partial charge is 0.317 e. The summed E-state index contributed by atoms with van der Waals surface area (Å²) < 4.78 is 0. The topological polar surface area (TPSA) is 69.6 Å². The fourth-order valence-electron chi connectivity index (χ4n) is 3.41. The Hall–Kier alpha value is -1.26.